The van der Waals surface area contributed by atoms with E-state index in [1.54, 1.807) is 30.4 Å². The van der Waals surface area contributed by atoms with Crippen LogP contribution >= 0.6 is 11.3 Å². The highest BCUT2D eigenvalue weighted by atomic mass is 32.1. The van der Waals surface area contributed by atoms with Gasteiger partial charge in [-0.1, -0.05) is 6.07 Å². The maximum absolute atomic E-state index is 13.5. The molecule has 2 nitrogen and oxygen atoms in total. The second-order valence-electron chi connectivity index (χ2n) is 4.78. The molecule has 4 heteroatoms. The third-order valence-electron chi connectivity index (χ3n) is 3.04. The molecule has 1 aromatic carbocycles. The minimum Gasteiger partial charge on any atom is -0.483 e. The zero-order chi connectivity index (χ0) is 14.0. The summed E-state index contributed by atoms with van der Waals surface area (Å²) in [6, 6.07) is 6.77. The van der Waals surface area contributed by atoms with Crippen molar-refractivity contribution in [1.82, 2.24) is 0 Å². The monoisotopic (exact) mass is 279 g/mol. The van der Waals surface area contributed by atoms with Crippen LogP contribution in [0.1, 0.15) is 29.0 Å². The number of hydrogen-bond acceptors (Lipinski definition) is 3. The summed E-state index contributed by atoms with van der Waals surface area (Å²) in [5.74, 6) is 0.252. The molecule has 0 saturated carbocycles. The molecule has 2 rings (SSSR count). The lowest BCUT2D eigenvalue weighted by Gasteiger charge is -2.22. The number of hydrogen-bond donors (Lipinski definition) is 1. The fourth-order valence-electron chi connectivity index (χ4n) is 1.87. The topological polar surface area (TPSA) is 35.2 Å². The number of aryl methyl sites for hydroxylation is 2. The Bertz CT molecular complexity index is 565. The first-order valence-corrected chi connectivity index (χ1v) is 7.09. The van der Waals surface area contributed by atoms with Gasteiger partial charge in [0.15, 0.2) is 0 Å². The third kappa shape index (κ3) is 3.14. The van der Waals surface area contributed by atoms with Crippen LogP contribution in [0.3, 0.4) is 0 Å². The number of benzene rings is 1. The lowest BCUT2D eigenvalue weighted by molar-refractivity contribution is 0.183. The smallest absolute Gasteiger partial charge is 0.148 e. The molecule has 0 bridgehead atoms. The van der Waals surface area contributed by atoms with E-state index in [1.165, 1.54) is 6.07 Å². The minimum atomic E-state index is -0.260. The van der Waals surface area contributed by atoms with Gasteiger partial charge in [0, 0.05) is 17.0 Å². The molecule has 1 aromatic heterocycles. The summed E-state index contributed by atoms with van der Waals surface area (Å²) in [4.78, 5) is 1.09. The van der Waals surface area contributed by atoms with Gasteiger partial charge < -0.3 is 10.5 Å². The molecule has 2 atom stereocenters. The molecule has 2 unspecified atom stereocenters. The predicted octanol–water partition coefficient (Wildman–Crippen LogP) is 3.97. The van der Waals surface area contributed by atoms with E-state index in [-0.39, 0.29) is 18.0 Å². The van der Waals surface area contributed by atoms with Gasteiger partial charge in [0.05, 0.1) is 0 Å². The van der Waals surface area contributed by atoms with E-state index in [1.807, 2.05) is 25.3 Å². The fraction of sp³-hybridized carbons (Fsp3) is 0.333. The van der Waals surface area contributed by atoms with Gasteiger partial charge in [0.25, 0.3) is 0 Å². The van der Waals surface area contributed by atoms with E-state index in [9.17, 15) is 4.39 Å². The summed E-state index contributed by atoms with van der Waals surface area (Å²) < 4.78 is 19.4. The third-order valence-corrected chi connectivity index (χ3v) is 4.12. The van der Waals surface area contributed by atoms with Crippen LogP contribution in [0, 0.1) is 19.7 Å². The largest absolute Gasteiger partial charge is 0.483 e. The summed E-state index contributed by atoms with van der Waals surface area (Å²) >= 11 is 1.61. The molecular weight excluding hydrogens is 261 g/mol. The van der Waals surface area contributed by atoms with Crippen molar-refractivity contribution >= 4 is 11.3 Å². The van der Waals surface area contributed by atoms with Crippen LogP contribution in [-0.2, 0) is 0 Å². The Morgan fingerprint density at radius 1 is 1.21 bits per heavy atom. The van der Waals surface area contributed by atoms with E-state index < -0.39 is 0 Å². The van der Waals surface area contributed by atoms with E-state index >= 15 is 0 Å². The van der Waals surface area contributed by atoms with Crippen LogP contribution in [-0.4, -0.2) is 6.04 Å². The molecule has 2 N–H and O–H groups in total. The van der Waals surface area contributed by atoms with Crippen molar-refractivity contribution in [2.45, 2.75) is 32.9 Å². The lowest BCUT2D eigenvalue weighted by Crippen LogP contribution is -2.28. The first-order valence-electron chi connectivity index (χ1n) is 6.21. The van der Waals surface area contributed by atoms with E-state index in [2.05, 4.69) is 0 Å². The molecule has 2 aromatic rings. The van der Waals surface area contributed by atoms with Crippen molar-refractivity contribution in [2.75, 3.05) is 0 Å². The molecule has 1 heterocycles. The average molecular weight is 279 g/mol. The Kier molecular flexibility index (Phi) is 4.22. The molecule has 0 aliphatic rings. The summed E-state index contributed by atoms with van der Waals surface area (Å²) in [5.41, 5.74) is 7.76. The minimum absolute atomic E-state index is 0.165. The van der Waals surface area contributed by atoms with Crippen molar-refractivity contribution in [2.24, 2.45) is 5.73 Å². The van der Waals surface area contributed by atoms with E-state index in [0.29, 0.717) is 11.3 Å². The van der Waals surface area contributed by atoms with Crippen molar-refractivity contribution < 1.29 is 9.13 Å². The highest BCUT2D eigenvalue weighted by Gasteiger charge is 2.21. The first-order chi connectivity index (χ1) is 8.99. The number of rotatable bonds is 4. The van der Waals surface area contributed by atoms with Crippen molar-refractivity contribution in [3.8, 4) is 5.75 Å². The standard InChI is InChI=1S/C15H18FNOS/c1-9-4-5-12(8-13(9)16)18-14(11(3)17)15-10(2)6-7-19-15/h4-8,11,14H,17H2,1-3H3. The Balaban J connectivity index is 2.27. The van der Waals surface area contributed by atoms with Gasteiger partial charge in [-0.25, -0.2) is 4.39 Å². The zero-order valence-electron chi connectivity index (χ0n) is 11.3. The first kappa shape index (κ1) is 14.0. The molecule has 0 amide bonds. The molecule has 0 spiro atoms. The van der Waals surface area contributed by atoms with Gasteiger partial charge in [-0.15, -0.1) is 11.3 Å². The number of halogens is 1. The Labute approximate surface area is 117 Å². The van der Waals surface area contributed by atoms with Crippen molar-refractivity contribution in [3.63, 3.8) is 0 Å². The summed E-state index contributed by atoms with van der Waals surface area (Å²) in [5, 5.41) is 2.01. The Hall–Kier alpha value is -1.39. The van der Waals surface area contributed by atoms with E-state index in [0.717, 1.165) is 10.4 Å². The fourth-order valence-corrected chi connectivity index (χ4v) is 2.94. The van der Waals surface area contributed by atoms with Crippen LogP contribution in [0.4, 0.5) is 4.39 Å². The molecule has 0 aliphatic carbocycles. The zero-order valence-corrected chi connectivity index (χ0v) is 12.1. The second-order valence-corrected chi connectivity index (χ2v) is 5.72. The van der Waals surface area contributed by atoms with Crippen LogP contribution in [0.2, 0.25) is 0 Å². The quantitative estimate of drug-likeness (QED) is 0.919. The maximum atomic E-state index is 13.5. The molecule has 0 radical (unpaired) electrons. The molecule has 0 saturated heterocycles. The lowest BCUT2D eigenvalue weighted by atomic mass is 10.1. The molecule has 0 fully saturated rings. The normalized spacial score (nSPS) is 14.2. The van der Waals surface area contributed by atoms with Gasteiger partial charge >= 0.3 is 0 Å². The van der Waals surface area contributed by atoms with Gasteiger partial charge in [0.2, 0.25) is 0 Å². The van der Waals surface area contributed by atoms with Gasteiger partial charge in [-0.05, 0) is 49.4 Å². The average Bonchev–Trinajstić information content (AvgIpc) is 2.76. The van der Waals surface area contributed by atoms with Gasteiger partial charge in [0.1, 0.15) is 17.7 Å². The van der Waals surface area contributed by atoms with Crippen molar-refractivity contribution in [1.29, 1.82) is 0 Å². The van der Waals surface area contributed by atoms with Gasteiger partial charge in [-0.2, -0.15) is 0 Å². The van der Waals surface area contributed by atoms with Crippen LogP contribution < -0.4 is 10.5 Å². The summed E-state index contributed by atoms with van der Waals surface area (Å²) in [6.45, 7) is 5.65. The SMILES string of the molecule is Cc1ccc(OC(c2sccc2C)C(C)N)cc1F. The summed E-state index contributed by atoms with van der Waals surface area (Å²) in [6.07, 6.45) is -0.248. The Morgan fingerprint density at radius 3 is 2.47 bits per heavy atom. The maximum Gasteiger partial charge on any atom is 0.148 e. The highest BCUT2D eigenvalue weighted by molar-refractivity contribution is 7.10. The number of thiophene rings is 1. The summed E-state index contributed by atoms with van der Waals surface area (Å²) in [7, 11) is 0. The molecule has 19 heavy (non-hydrogen) atoms. The van der Waals surface area contributed by atoms with Crippen molar-refractivity contribution in [3.05, 3.63) is 51.5 Å². The second kappa shape index (κ2) is 5.72. The molecule has 0 aliphatic heterocycles. The van der Waals surface area contributed by atoms with E-state index in [4.69, 9.17) is 10.5 Å². The van der Waals surface area contributed by atoms with Crippen LogP contribution in [0.25, 0.3) is 0 Å². The van der Waals surface area contributed by atoms with Crippen LogP contribution in [0.5, 0.6) is 5.75 Å². The number of nitrogens with two attached hydrogens (primary N) is 1. The van der Waals surface area contributed by atoms with Crippen LogP contribution in [0.15, 0.2) is 29.6 Å². The molecule has 102 valence electrons. The highest BCUT2D eigenvalue weighted by Crippen LogP contribution is 2.31. The molecular formula is C15H18FNOS. The Morgan fingerprint density at radius 2 is 1.95 bits per heavy atom. The van der Waals surface area contributed by atoms with Gasteiger partial charge in [-0.3, -0.25) is 0 Å². The predicted molar refractivity (Wildman–Crippen MR) is 77.2 cm³/mol. The number of ether oxygens (including phenoxy) is 1.